The van der Waals surface area contributed by atoms with Gasteiger partial charge in [0, 0.05) is 18.5 Å². The zero-order chi connectivity index (χ0) is 13.5. The second-order valence-corrected chi connectivity index (χ2v) is 6.79. The van der Waals surface area contributed by atoms with E-state index in [2.05, 4.69) is 31.4 Å². The number of carbonyl (C=O) groups excluding carboxylic acids is 1. The van der Waals surface area contributed by atoms with Crippen LogP contribution in [0.25, 0.3) is 0 Å². The van der Waals surface area contributed by atoms with Crippen molar-refractivity contribution >= 4 is 39.9 Å². The molecule has 0 spiro atoms. The zero-order valence-electron chi connectivity index (χ0n) is 10.6. The van der Waals surface area contributed by atoms with Gasteiger partial charge in [-0.15, -0.1) is 0 Å². The fraction of sp³-hybridized carbons (Fsp3) is 0.462. The zero-order valence-corrected chi connectivity index (χ0v) is 12.8. The number of anilines is 2. The first-order valence-corrected chi connectivity index (χ1v) is 6.90. The van der Waals surface area contributed by atoms with Crippen LogP contribution in [-0.4, -0.2) is 11.9 Å². The molecule has 1 atom stereocenters. The van der Waals surface area contributed by atoms with Crippen molar-refractivity contribution in [2.75, 3.05) is 10.6 Å². The highest BCUT2D eigenvalue weighted by atomic mass is 127. The predicted octanol–water partition coefficient (Wildman–Crippen LogP) is 3.60. The van der Waals surface area contributed by atoms with E-state index in [1.54, 1.807) is 6.07 Å². The Balaban J connectivity index is 2.43. The molecular formula is C13H16FIN2O. The van der Waals surface area contributed by atoms with Crippen LogP contribution in [0.15, 0.2) is 12.1 Å². The van der Waals surface area contributed by atoms with Crippen LogP contribution < -0.4 is 10.6 Å². The molecule has 0 saturated carbocycles. The van der Waals surface area contributed by atoms with Gasteiger partial charge in [0.05, 0.1) is 14.9 Å². The molecule has 5 heteroatoms. The van der Waals surface area contributed by atoms with E-state index in [0.717, 1.165) is 0 Å². The Morgan fingerprint density at radius 1 is 1.33 bits per heavy atom. The molecule has 98 valence electrons. The van der Waals surface area contributed by atoms with E-state index >= 15 is 0 Å². The molecule has 0 aliphatic carbocycles. The summed E-state index contributed by atoms with van der Waals surface area (Å²) < 4.78 is 14.1. The van der Waals surface area contributed by atoms with Crippen LogP contribution in [-0.2, 0) is 4.79 Å². The van der Waals surface area contributed by atoms with E-state index in [-0.39, 0.29) is 23.2 Å². The topological polar surface area (TPSA) is 41.1 Å². The van der Waals surface area contributed by atoms with Gasteiger partial charge >= 0.3 is 0 Å². The molecular weight excluding hydrogens is 346 g/mol. The minimum absolute atomic E-state index is 0.0155. The molecule has 1 aliphatic heterocycles. The van der Waals surface area contributed by atoms with Crippen molar-refractivity contribution in [2.45, 2.75) is 33.2 Å². The summed E-state index contributed by atoms with van der Waals surface area (Å²) >= 11 is 1.92. The number of fused-ring (bicyclic) bond motifs is 1. The molecule has 0 radical (unpaired) electrons. The number of rotatable bonds is 0. The second-order valence-electron chi connectivity index (χ2n) is 5.63. The summed E-state index contributed by atoms with van der Waals surface area (Å²) in [5, 5.41) is 6.09. The molecule has 2 N–H and O–H groups in total. The standard InChI is InChI=1S/C13H16FIN2O/c1-13(2,3)11-6-12(18)17-10-5-8(15)7(14)4-9(10)16-11/h4-5,11,16H,6H2,1-3H3,(H,17,18). The first-order valence-electron chi connectivity index (χ1n) is 5.83. The molecule has 18 heavy (non-hydrogen) atoms. The molecule has 3 nitrogen and oxygen atoms in total. The van der Waals surface area contributed by atoms with E-state index in [1.165, 1.54) is 6.07 Å². The molecule has 0 bridgehead atoms. The van der Waals surface area contributed by atoms with Gasteiger partial charge in [-0.1, -0.05) is 20.8 Å². The molecule has 0 saturated heterocycles. The number of hydrogen-bond donors (Lipinski definition) is 2. The molecule has 1 aliphatic rings. The lowest BCUT2D eigenvalue weighted by atomic mass is 9.84. The lowest BCUT2D eigenvalue weighted by Gasteiger charge is -2.30. The van der Waals surface area contributed by atoms with Gasteiger partial charge in [0.1, 0.15) is 5.82 Å². The third kappa shape index (κ3) is 2.76. The van der Waals surface area contributed by atoms with Gasteiger partial charge in [0.2, 0.25) is 5.91 Å². The SMILES string of the molecule is CC(C)(C)C1CC(=O)Nc2cc(I)c(F)cc2N1. The fourth-order valence-corrected chi connectivity index (χ4v) is 2.38. The van der Waals surface area contributed by atoms with Crippen molar-refractivity contribution in [3.8, 4) is 0 Å². The molecule has 1 unspecified atom stereocenters. The quantitative estimate of drug-likeness (QED) is 0.693. The summed E-state index contributed by atoms with van der Waals surface area (Å²) in [6.45, 7) is 6.18. The van der Waals surface area contributed by atoms with Crippen molar-refractivity contribution in [3.63, 3.8) is 0 Å². The third-order valence-electron chi connectivity index (χ3n) is 3.10. The summed E-state index contributed by atoms with van der Waals surface area (Å²) in [4.78, 5) is 11.9. The Bertz CT molecular complexity index is 496. The lowest BCUT2D eigenvalue weighted by molar-refractivity contribution is -0.116. The first-order chi connectivity index (χ1) is 8.27. The van der Waals surface area contributed by atoms with Crippen molar-refractivity contribution in [1.82, 2.24) is 0 Å². The maximum atomic E-state index is 13.6. The van der Waals surface area contributed by atoms with E-state index in [0.29, 0.717) is 21.4 Å². The number of hydrogen-bond acceptors (Lipinski definition) is 2. The summed E-state index contributed by atoms with van der Waals surface area (Å²) in [6.07, 6.45) is 0.385. The molecule has 0 aromatic heterocycles. The summed E-state index contributed by atoms with van der Waals surface area (Å²) in [5.74, 6) is -0.311. The highest BCUT2D eigenvalue weighted by molar-refractivity contribution is 14.1. The van der Waals surface area contributed by atoms with Gasteiger partial charge in [-0.25, -0.2) is 4.39 Å². The monoisotopic (exact) mass is 362 g/mol. The highest BCUT2D eigenvalue weighted by Crippen LogP contribution is 2.34. The van der Waals surface area contributed by atoms with Crippen molar-refractivity contribution in [2.24, 2.45) is 5.41 Å². The predicted molar refractivity (Wildman–Crippen MR) is 79.2 cm³/mol. The normalized spacial score (nSPS) is 19.6. The van der Waals surface area contributed by atoms with E-state index in [9.17, 15) is 9.18 Å². The Hall–Kier alpha value is -0.850. The number of nitrogens with one attached hydrogen (secondary N) is 2. The van der Waals surface area contributed by atoms with Crippen molar-refractivity contribution < 1.29 is 9.18 Å². The van der Waals surface area contributed by atoms with Crippen molar-refractivity contribution in [1.29, 1.82) is 0 Å². The molecule has 1 aromatic carbocycles. The average molecular weight is 362 g/mol. The molecule has 0 fully saturated rings. The minimum Gasteiger partial charge on any atom is -0.379 e. The van der Waals surface area contributed by atoms with Crippen LogP contribution in [0.4, 0.5) is 15.8 Å². The van der Waals surface area contributed by atoms with Gasteiger partial charge < -0.3 is 10.6 Å². The van der Waals surface area contributed by atoms with Crippen LogP contribution in [0.3, 0.4) is 0 Å². The van der Waals surface area contributed by atoms with Gasteiger partial charge in [-0.05, 0) is 34.1 Å². The van der Waals surface area contributed by atoms with Crippen LogP contribution >= 0.6 is 22.6 Å². The largest absolute Gasteiger partial charge is 0.379 e. The summed E-state index contributed by atoms with van der Waals surface area (Å²) in [7, 11) is 0. The van der Waals surface area contributed by atoms with Crippen molar-refractivity contribution in [3.05, 3.63) is 21.5 Å². The van der Waals surface area contributed by atoms with Gasteiger partial charge in [-0.2, -0.15) is 0 Å². The number of carbonyl (C=O) groups is 1. The second kappa shape index (κ2) is 4.68. The average Bonchev–Trinajstić information content (AvgIpc) is 2.37. The molecule has 1 amide bonds. The highest BCUT2D eigenvalue weighted by Gasteiger charge is 2.30. The smallest absolute Gasteiger partial charge is 0.226 e. The van der Waals surface area contributed by atoms with Crippen LogP contribution in [0.1, 0.15) is 27.2 Å². The van der Waals surface area contributed by atoms with Crippen LogP contribution in [0, 0.1) is 14.8 Å². The first kappa shape index (κ1) is 13.6. The van der Waals surface area contributed by atoms with E-state index < -0.39 is 0 Å². The van der Waals surface area contributed by atoms with Gasteiger partial charge in [0.25, 0.3) is 0 Å². The van der Waals surface area contributed by atoms with Crippen LogP contribution in [0.5, 0.6) is 0 Å². The summed E-state index contributed by atoms with van der Waals surface area (Å²) in [6, 6.07) is 3.08. The number of halogens is 2. The maximum absolute atomic E-state index is 13.6. The summed E-state index contributed by atoms with van der Waals surface area (Å²) in [5.41, 5.74) is 1.23. The lowest BCUT2D eigenvalue weighted by Crippen LogP contribution is -2.35. The molecule has 2 rings (SSSR count). The third-order valence-corrected chi connectivity index (χ3v) is 3.93. The van der Waals surface area contributed by atoms with Crippen LogP contribution in [0.2, 0.25) is 0 Å². The van der Waals surface area contributed by atoms with E-state index in [1.807, 2.05) is 22.6 Å². The number of amides is 1. The Morgan fingerprint density at radius 2 is 2.00 bits per heavy atom. The molecule has 1 heterocycles. The number of benzene rings is 1. The maximum Gasteiger partial charge on any atom is 0.226 e. The van der Waals surface area contributed by atoms with Gasteiger partial charge in [0.15, 0.2) is 0 Å². The van der Waals surface area contributed by atoms with E-state index in [4.69, 9.17) is 0 Å². The molecule has 1 aromatic rings. The Labute approximate surface area is 120 Å². The fourth-order valence-electron chi connectivity index (χ4n) is 1.92. The Kier molecular flexibility index (Phi) is 3.53. The minimum atomic E-state index is -0.273. The van der Waals surface area contributed by atoms with Gasteiger partial charge in [-0.3, -0.25) is 4.79 Å². The Morgan fingerprint density at radius 3 is 2.61 bits per heavy atom.